The van der Waals surface area contributed by atoms with Crippen LogP contribution in [-0.2, 0) is 134 Å². The van der Waals surface area contributed by atoms with Crippen molar-refractivity contribution in [3.63, 3.8) is 0 Å². The van der Waals surface area contributed by atoms with E-state index in [1.165, 1.54) is 83.3 Å². The van der Waals surface area contributed by atoms with Crippen LogP contribution in [0.2, 0.25) is 0 Å². The lowest BCUT2D eigenvalue weighted by atomic mass is 9.83. The number of nitrogens with one attached hydrogen (secondary N) is 10. The minimum atomic E-state index is -2.00. The molecule has 52 nitrogen and oxygen atoms in total. The minimum Gasteiger partial charge on any atom is -0.479 e. The average Bonchev–Trinajstić information content (AvgIpc) is 1.41. The van der Waals surface area contributed by atoms with Crippen molar-refractivity contribution in [2.45, 2.75) is 166 Å². The van der Waals surface area contributed by atoms with E-state index in [1.807, 2.05) is 0 Å². The highest BCUT2D eigenvalue weighted by atomic mass is 16.7. The molecule has 3 aromatic carbocycles. The number of nitrogens with two attached hydrogens (primary N) is 1. The summed E-state index contributed by atoms with van der Waals surface area (Å²) >= 11 is 0. The molecule has 15 atom stereocenters. The maximum absolute atomic E-state index is 14.0. The summed E-state index contributed by atoms with van der Waals surface area (Å²) < 4.78 is 102. The van der Waals surface area contributed by atoms with Gasteiger partial charge < -0.3 is 168 Å². The Morgan fingerprint density at radius 2 is 0.796 bits per heavy atom. The molecule has 0 aromatic heterocycles. The Labute approximate surface area is 785 Å². The van der Waals surface area contributed by atoms with E-state index in [0.29, 0.717) is 72.7 Å². The summed E-state index contributed by atoms with van der Waals surface area (Å²) in [6.45, 7) is 8.68. The number of carbonyl (C=O) groups is 11. The molecule has 0 aliphatic carbocycles. The van der Waals surface area contributed by atoms with Crippen LogP contribution in [0.5, 0.6) is 17.2 Å². The van der Waals surface area contributed by atoms with E-state index >= 15 is 0 Å². The van der Waals surface area contributed by atoms with Crippen LogP contribution in [0.1, 0.15) is 109 Å². The van der Waals surface area contributed by atoms with Crippen LogP contribution < -0.4 is 74.3 Å². The van der Waals surface area contributed by atoms with E-state index in [0.717, 1.165) is 0 Å². The van der Waals surface area contributed by atoms with Crippen molar-refractivity contribution < 1.29 is 184 Å². The summed E-state index contributed by atoms with van der Waals surface area (Å²) in [7, 11) is 1.21. The number of esters is 5. The van der Waals surface area contributed by atoms with Crippen LogP contribution in [0, 0.1) is 11.8 Å². The Bertz CT molecular complexity index is 4440. The minimum absolute atomic E-state index is 0.00443. The molecular weight excluding hydrogens is 1820 g/mol. The standard InChI is InChI=1S/C85H122N14O38/c1-47-48(2)73(131-52(6)103)84(135-72(47)81(118)119-7)134-64-16-13-55(39-129-51(5)102)33-61(64)78(113)89-19-28-122-42-58-36-99(96-93-58)22-10-25-126-46-85(90-65(104)43-123-29-30-130-86,44-124-23-8-20-97-34-56(91-94-97)40-120-26-17-87-76(111)59-31-53(37-127-49(3)100)11-14-62(59)132-82-70(109)66(105)68(107)74(136-82)79(114)115)45-125-24-9-21-98-35-57(92-95-98)41-121-27-18-88-77(112)60-32-54(38-128-50(4)101)12-15-63(60)133-83-71(110)67(106)69(108)75(137-83)80(116)117/h11-16,31-36,47-48,66-75,82-84,91-96,105-110H,8-10,17-30,37-46,86H2,1-7H3,(H,87,111)(H,88,112)(H,89,113)(H,90,104)(H,114,115)(H,116,117)/t47-,48-,66-,67-,68-,69-,70+,71+,72-,73+,74-,75-,82+,83+,84+/m0/s1. The fraction of sp³-hybridized carbons (Fsp3) is 0.588. The van der Waals surface area contributed by atoms with Crippen LogP contribution in [0.4, 0.5) is 0 Å². The zero-order chi connectivity index (χ0) is 99.3. The lowest BCUT2D eigenvalue weighted by Gasteiger charge is -2.42. The maximum atomic E-state index is 14.0. The van der Waals surface area contributed by atoms with Crippen molar-refractivity contribution in [2.24, 2.45) is 17.7 Å². The molecule has 20 N–H and O–H groups in total. The molecule has 3 fully saturated rings. The van der Waals surface area contributed by atoms with E-state index in [2.05, 4.69) is 59.0 Å². The van der Waals surface area contributed by atoms with Gasteiger partial charge >= 0.3 is 41.8 Å². The van der Waals surface area contributed by atoms with Gasteiger partial charge in [0.1, 0.15) is 85.8 Å². The number of hydrogen-bond donors (Lipinski definition) is 19. The van der Waals surface area contributed by atoms with Crippen molar-refractivity contribution in [3.05, 3.63) is 124 Å². The Kier molecular flexibility index (Phi) is 43.9. The molecule has 4 amide bonds. The van der Waals surface area contributed by atoms with E-state index in [4.69, 9.17) is 91.2 Å². The molecule has 52 heteroatoms. The lowest BCUT2D eigenvalue weighted by molar-refractivity contribution is -0.271. The Morgan fingerprint density at radius 1 is 0.431 bits per heavy atom. The summed E-state index contributed by atoms with van der Waals surface area (Å²) in [5.74, 6) is -5.07. The molecule has 6 aliphatic heterocycles. The van der Waals surface area contributed by atoms with E-state index in [9.17, 15) is 93.6 Å². The molecule has 6 heterocycles. The molecular formula is C85H122N14O38. The molecule has 0 bridgehead atoms. The molecule has 0 spiro atoms. The highest BCUT2D eigenvalue weighted by Gasteiger charge is 2.52. The SMILES string of the molecule is COC(=O)[C@H]1O[C@@H](Oc2ccc(COC(C)=O)cc2C(=O)NCCOCC2=CN(CCCOCC(COCCCN3C=C(COCCNC(=O)c4cc(COC(C)=O)ccc4O[C@@H]4O[C@H](C(=O)O)[C@@H](O)[C@H](O)[C@H]4O)NN3)(COCCCN3C=C(COCCNC(=O)c4cc(COC(C)=O)ccc4O[C@@H]4O[C@H](C(=O)O)[C@@H](O)[C@H](O)[C@H]4O)NN3)NC(=O)COCCON)NN2)[C@H](OC(C)=O)[C@@H](C)[C@@H]1C. The van der Waals surface area contributed by atoms with E-state index in [-0.39, 0.29) is 166 Å². The Balaban J connectivity index is 0.779. The number of benzene rings is 3. The number of carboxylic acids is 2. The maximum Gasteiger partial charge on any atom is 0.335 e. The molecule has 760 valence electrons. The predicted octanol–water partition coefficient (Wildman–Crippen LogP) is -4.98. The number of nitrogens with zero attached hydrogens (tertiary/aromatic N) is 3. The van der Waals surface area contributed by atoms with Gasteiger partial charge in [-0.1, -0.05) is 32.0 Å². The van der Waals surface area contributed by atoms with Crippen molar-refractivity contribution >= 4 is 65.4 Å². The Hall–Kier alpha value is -11.6. The van der Waals surface area contributed by atoms with Gasteiger partial charge in [0.05, 0.1) is 114 Å². The first-order valence-corrected chi connectivity index (χ1v) is 43.7. The van der Waals surface area contributed by atoms with Crippen LogP contribution >= 0.6 is 0 Å². The second kappa shape index (κ2) is 55.1. The van der Waals surface area contributed by atoms with E-state index in [1.54, 1.807) is 53.5 Å². The van der Waals surface area contributed by atoms with Gasteiger partial charge in [0.15, 0.2) is 24.4 Å². The number of aliphatic carboxylic acids is 2. The number of amides is 4. The largest absolute Gasteiger partial charge is 0.479 e. The fourth-order valence-electron chi connectivity index (χ4n) is 14.0. The third kappa shape index (κ3) is 34.2. The quantitative estimate of drug-likeness (QED) is 0.0109. The number of ether oxygens (including phenoxy) is 18. The molecule has 3 aromatic rings. The summed E-state index contributed by atoms with van der Waals surface area (Å²) in [6.07, 6.45) is -16.4. The van der Waals surface area contributed by atoms with E-state index < -0.39 is 169 Å². The Morgan fingerprint density at radius 3 is 1.14 bits per heavy atom. The molecule has 6 aliphatic rings. The second-order valence-electron chi connectivity index (χ2n) is 32.0. The lowest BCUT2D eigenvalue weighted by Crippen LogP contribution is -2.61. The van der Waals surface area contributed by atoms with Gasteiger partial charge in [-0.15, -0.1) is 16.6 Å². The summed E-state index contributed by atoms with van der Waals surface area (Å²) in [6, 6.07) is 12.7. The van der Waals surface area contributed by atoms with Gasteiger partial charge in [-0.2, -0.15) is 0 Å². The zero-order valence-electron chi connectivity index (χ0n) is 76.4. The fourth-order valence-corrected chi connectivity index (χ4v) is 14.0. The van der Waals surface area contributed by atoms with Crippen LogP contribution in [0.15, 0.2) is 90.3 Å². The molecule has 0 unspecified atom stereocenters. The molecule has 9 rings (SSSR count). The smallest absolute Gasteiger partial charge is 0.335 e. The molecule has 0 radical (unpaired) electrons. The first-order chi connectivity index (χ1) is 65.6. The van der Waals surface area contributed by atoms with Crippen LogP contribution in [0.3, 0.4) is 0 Å². The molecule has 3 saturated heterocycles. The molecule has 137 heavy (non-hydrogen) atoms. The first-order valence-electron chi connectivity index (χ1n) is 43.7. The monoisotopic (exact) mass is 1950 g/mol. The number of rotatable bonds is 58. The van der Waals surface area contributed by atoms with Crippen LogP contribution in [-0.4, -0.2) is 352 Å². The normalized spacial score (nSPS) is 22.9. The first kappa shape index (κ1) is 109. The van der Waals surface area contributed by atoms with Crippen LogP contribution in [0.25, 0.3) is 0 Å². The van der Waals surface area contributed by atoms with Gasteiger partial charge in [-0.25, -0.2) is 20.3 Å². The number of aliphatic hydroxyl groups excluding tert-OH is 6. The molecule has 0 saturated carbocycles. The third-order valence-electron chi connectivity index (χ3n) is 21.2. The second-order valence-corrected chi connectivity index (χ2v) is 32.0. The summed E-state index contributed by atoms with van der Waals surface area (Å²) in [4.78, 5) is 143. The summed E-state index contributed by atoms with van der Waals surface area (Å²) in [5.41, 5.74) is 19.6. The van der Waals surface area contributed by atoms with Gasteiger partial charge in [0.2, 0.25) is 24.8 Å². The number of hydrogen-bond acceptors (Lipinski definition) is 46. The predicted molar refractivity (Wildman–Crippen MR) is 462 cm³/mol. The van der Waals surface area contributed by atoms with Gasteiger partial charge in [-0.05, 0) is 78.3 Å². The van der Waals surface area contributed by atoms with Gasteiger partial charge in [0, 0.05) is 111 Å². The number of carbonyl (C=O) groups excluding carboxylic acids is 9. The zero-order valence-corrected chi connectivity index (χ0v) is 76.4. The topological polar surface area (TPSA) is 681 Å². The highest BCUT2D eigenvalue weighted by Crippen LogP contribution is 2.37. The van der Waals surface area contributed by atoms with Crippen molar-refractivity contribution in [1.29, 1.82) is 0 Å². The van der Waals surface area contributed by atoms with Crippen molar-refractivity contribution in [1.82, 2.24) is 69.2 Å². The van der Waals surface area contributed by atoms with Crippen molar-refractivity contribution in [3.8, 4) is 17.2 Å². The average molecular weight is 1950 g/mol. The summed E-state index contributed by atoms with van der Waals surface area (Å²) in [5, 5.41) is 98.0. The van der Waals surface area contributed by atoms with Gasteiger partial charge in [0.25, 0.3) is 17.7 Å². The number of methoxy groups -OCH3 is 1. The number of aliphatic hydroxyl groups is 6. The third-order valence-corrected chi connectivity index (χ3v) is 21.2. The number of carboxylic acid groups (broad SMARTS) is 2. The number of hydrazine groups is 6. The van der Waals surface area contributed by atoms with Crippen molar-refractivity contribution in [2.75, 3.05) is 145 Å². The van der Waals surface area contributed by atoms with Gasteiger partial charge in [-0.3, -0.25) is 53.4 Å². The highest BCUT2D eigenvalue weighted by molar-refractivity contribution is 5.98.